The summed E-state index contributed by atoms with van der Waals surface area (Å²) in [6.45, 7) is 0. The molecule has 1 saturated carbocycles. The van der Waals surface area contributed by atoms with Gasteiger partial charge in [-0.2, -0.15) is 0 Å². The Hall–Kier alpha value is 1.73. The van der Waals surface area contributed by atoms with Crippen LogP contribution in [0.15, 0.2) is 0 Å². The van der Waals surface area contributed by atoms with Crippen molar-refractivity contribution in [1.29, 1.82) is 0 Å². The molecule has 0 radical (unpaired) electrons. The molecule has 0 aromatic heterocycles. The minimum absolute atomic E-state index is 0. The van der Waals surface area contributed by atoms with E-state index in [0.29, 0.717) is 0 Å². The molecule has 1 aliphatic rings. The third-order valence-corrected chi connectivity index (χ3v) is 2.59. The SMILES string of the molecule is [Na+].[Na+].[O-]B([O-])OC1C(O)C(O)C(O)C(O)C1OB(O)O. The Bertz CT molecular complexity index is 248. The molecule has 0 saturated heterocycles. The van der Waals surface area contributed by atoms with Gasteiger partial charge >= 0.3 is 66.4 Å². The summed E-state index contributed by atoms with van der Waals surface area (Å²) in [6.07, 6.45) is -11.2. The van der Waals surface area contributed by atoms with Crippen LogP contribution in [0.2, 0.25) is 0 Å². The number of hydrogen-bond donors (Lipinski definition) is 6. The Balaban J connectivity index is 0. The molecule has 104 valence electrons. The summed E-state index contributed by atoms with van der Waals surface area (Å²) in [5.74, 6) is 0. The average Bonchev–Trinajstić information content (AvgIpc) is 2.27. The van der Waals surface area contributed by atoms with E-state index >= 15 is 0 Å². The quantitative estimate of drug-likeness (QED) is 0.272. The third-order valence-electron chi connectivity index (χ3n) is 2.59. The largest absolute Gasteiger partial charge is 1.00 e. The Morgan fingerprint density at radius 3 is 1.35 bits per heavy atom. The van der Waals surface area contributed by atoms with Gasteiger partial charge in [-0.1, -0.05) is 0 Å². The zero-order valence-corrected chi connectivity index (χ0v) is 14.9. The fourth-order valence-corrected chi connectivity index (χ4v) is 1.77. The molecule has 6 N–H and O–H groups in total. The fourth-order valence-electron chi connectivity index (χ4n) is 1.77. The van der Waals surface area contributed by atoms with Gasteiger partial charge in [0.1, 0.15) is 30.5 Å². The zero-order chi connectivity index (χ0) is 14.0. The summed E-state index contributed by atoms with van der Waals surface area (Å²) in [5.41, 5.74) is 0. The van der Waals surface area contributed by atoms with E-state index in [9.17, 15) is 30.5 Å². The normalized spacial score (nSPS) is 36.6. The van der Waals surface area contributed by atoms with Gasteiger partial charge in [0.25, 0.3) is 0 Å². The first-order valence-electron chi connectivity index (χ1n) is 4.96. The Kier molecular flexibility index (Phi) is 12.6. The first kappa shape index (κ1) is 24.0. The van der Waals surface area contributed by atoms with Gasteiger partial charge in [0.05, 0.1) is 13.4 Å². The van der Waals surface area contributed by atoms with Crippen LogP contribution in [0.3, 0.4) is 0 Å². The summed E-state index contributed by atoms with van der Waals surface area (Å²) < 4.78 is 8.50. The van der Waals surface area contributed by atoms with Crippen LogP contribution in [0.4, 0.5) is 0 Å². The maximum absolute atomic E-state index is 10.4. The van der Waals surface area contributed by atoms with E-state index in [1.807, 2.05) is 0 Å². The van der Waals surface area contributed by atoms with Crippen LogP contribution in [0.5, 0.6) is 0 Å². The molecule has 0 aromatic carbocycles. The van der Waals surface area contributed by atoms with E-state index in [1.54, 1.807) is 0 Å². The van der Waals surface area contributed by atoms with Crippen molar-refractivity contribution in [2.75, 3.05) is 0 Å². The molecule has 0 heterocycles. The van der Waals surface area contributed by atoms with Crippen molar-refractivity contribution in [1.82, 2.24) is 0 Å². The minimum Gasteiger partial charge on any atom is -0.871 e. The predicted octanol–water partition coefficient (Wildman–Crippen LogP) is -13.1. The van der Waals surface area contributed by atoms with E-state index in [4.69, 9.17) is 10.0 Å². The van der Waals surface area contributed by atoms with Crippen LogP contribution in [-0.4, -0.2) is 81.7 Å². The summed E-state index contributed by atoms with van der Waals surface area (Å²) in [5, 5.41) is 75.6. The van der Waals surface area contributed by atoms with Crippen LogP contribution in [0.25, 0.3) is 0 Å². The van der Waals surface area contributed by atoms with Gasteiger partial charge in [0.2, 0.25) is 0 Å². The predicted molar refractivity (Wildman–Crippen MR) is 49.7 cm³/mol. The Morgan fingerprint density at radius 2 is 1.05 bits per heavy atom. The van der Waals surface area contributed by atoms with Crippen molar-refractivity contribution in [2.24, 2.45) is 0 Å². The van der Waals surface area contributed by atoms with Crippen molar-refractivity contribution in [3.8, 4) is 0 Å². The van der Waals surface area contributed by atoms with E-state index in [1.165, 1.54) is 0 Å². The first-order chi connectivity index (χ1) is 8.25. The maximum atomic E-state index is 10.4. The van der Waals surface area contributed by atoms with Crippen LogP contribution in [0, 0.1) is 0 Å². The topological polar surface area (TPSA) is 186 Å². The summed E-state index contributed by atoms with van der Waals surface area (Å²) in [4.78, 5) is 0. The Labute approximate surface area is 159 Å². The molecule has 0 aromatic rings. The molecule has 20 heavy (non-hydrogen) atoms. The summed E-state index contributed by atoms with van der Waals surface area (Å²) >= 11 is 0. The van der Waals surface area contributed by atoms with Crippen molar-refractivity contribution in [2.45, 2.75) is 36.6 Å². The third kappa shape index (κ3) is 6.08. The molecular formula is C6H12B2Na2O10. The molecule has 14 heteroatoms. The van der Waals surface area contributed by atoms with Gasteiger partial charge in [-0.05, 0) is 0 Å². The van der Waals surface area contributed by atoms with Crippen LogP contribution < -0.4 is 69.2 Å². The number of aliphatic hydroxyl groups excluding tert-OH is 4. The average molecular weight is 312 g/mol. The van der Waals surface area contributed by atoms with Gasteiger partial charge in [0.15, 0.2) is 0 Å². The van der Waals surface area contributed by atoms with E-state index < -0.39 is 51.3 Å². The smallest absolute Gasteiger partial charge is 0.871 e. The second-order valence-electron chi connectivity index (χ2n) is 3.78. The van der Waals surface area contributed by atoms with Gasteiger partial charge in [-0.3, -0.25) is 0 Å². The van der Waals surface area contributed by atoms with Gasteiger partial charge < -0.3 is 49.8 Å². The fraction of sp³-hybridized carbons (Fsp3) is 1.00. The van der Waals surface area contributed by atoms with Gasteiger partial charge in [-0.15, -0.1) is 0 Å². The number of hydrogen-bond acceptors (Lipinski definition) is 10. The summed E-state index contributed by atoms with van der Waals surface area (Å²) in [7, 11) is -5.26. The zero-order valence-electron chi connectivity index (χ0n) is 10.9. The van der Waals surface area contributed by atoms with Crippen LogP contribution in [0.1, 0.15) is 0 Å². The van der Waals surface area contributed by atoms with Crippen molar-refractivity contribution >= 4 is 14.6 Å². The minimum atomic E-state index is -2.86. The number of rotatable bonds is 4. The molecule has 1 aliphatic carbocycles. The molecule has 0 amide bonds. The maximum Gasteiger partial charge on any atom is 1.00 e. The molecular weight excluding hydrogens is 300 g/mol. The van der Waals surface area contributed by atoms with Crippen LogP contribution >= 0.6 is 0 Å². The van der Waals surface area contributed by atoms with Crippen molar-refractivity contribution in [3.63, 3.8) is 0 Å². The van der Waals surface area contributed by atoms with Crippen molar-refractivity contribution in [3.05, 3.63) is 0 Å². The molecule has 1 rings (SSSR count). The monoisotopic (exact) mass is 312 g/mol. The molecule has 0 spiro atoms. The molecule has 0 bridgehead atoms. The molecule has 0 aliphatic heterocycles. The second kappa shape index (κ2) is 10.5. The molecule has 1 fully saturated rings. The van der Waals surface area contributed by atoms with Crippen molar-refractivity contribution < 1.29 is 109 Å². The van der Waals surface area contributed by atoms with E-state index in [2.05, 4.69) is 9.31 Å². The Morgan fingerprint density at radius 1 is 0.700 bits per heavy atom. The van der Waals surface area contributed by atoms with E-state index in [-0.39, 0.29) is 59.1 Å². The van der Waals surface area contributed by atoms with Gasteiger partial charge in [-0.25, -0.2) is 0 Å². The second-order valence-corrected chi connectivity index (χ2v) is 3.78. The standard InChI is InChI=1S/C6H12B2O10.2Na/c9-1-2(10)4(12)6(18-8(15)16)5(3(1)11)17-7(13)14;;/h1-6,9-14H;;/q-2;2*+1. The number of aliphatic hydroxyl groups is 4. The molecule has 6 atom stereocenters. The summed E-state index contributed by atoms with van der Waals surface area (Å²) in [6, 6.07) is 0. The molecule has 6 unspecified atom stereocenters. The van der Waals surface area contributed by atoms with E-state index in [0.717, 1.165) is 0 Å². The first-order valence-corrected chi connectivity index (χ1v) is 4.96. The van der Waals surface area contributed by atoms with Crippen LogP contribution in [-0.2, 0) is 9.31 Å². The molecule has 10 nitrogen and oxygen atoms in total. The van der Waals surface area contributed by atoms with Gasteiger partial charge in [0, 0.05) is 0 Å².